The van der Waals surface area contributed by atoms with Gasteiger partial charge >= 0.3 is 0 Å². The first-order valence-electron chi connectivity index (χ1n) is 5.81. The molecule has 2 heteroatoms. The maximum absolute atomic E-state index is 4.01. The molecular weight excluding hydrogens is 208 g/mol. The minimum absolute atomic E-state index is 0.927. The SMILES string of the molecule is CC.Cc1cccc(C#Cc2cncn2C)c1. The van der Waals surface area contributed by atoms with E-state index >= 15 is 0 Å². The topological polar surface area (TPSA) is 17.8 Å². The lowest BCUT2D eigenvalue weighted by molar-refractivity contribution is 0.899. The second kappa shape index (κ2) is 6.55. The highest BCUT2D eigenvalue weighted by atomic mass is 15.0. The van der Waals surface area contributed by atoms with Crippen LogP contribution in [-0.2, 0) is 7.05 Å². The van der Waals surface area contributed by atoms with Crippen molar-refractivity contribution in [2.75, 3.05) is 0 Å². The monoisotopic (exact) mass is 226 g/mol. The molecule has 0 aliphatic carbocycles. The summed E-state index contributed by atoms with van der Waals surface area (Å²) in [6.45, 7) is 6.06. The standard InChI is InChI=1S/C13H12N2.C2H6/c1-11-4-3-5-12(8-11)6-7-13-9-14-10-15(13)2;1-2/h3-5,8-10H,1-2H3;1-2H3. The average Bonchev–Trinajstić information content (AvgIpc) is 2.75. The summed E-state index contributed by atoms with van der Waals surface area (Å²) in [5, 5.41) is 0. The van der Waals surface area contributed by atoms with Gasteiger partial charge in [-0.15, -0.1) is 0 Å². The first kappa shape index (κ1) is 13.1. The summed E-state index contributed by atoms with van der Waals surface area (Å²) in [6, 6.07) is 8.16. The van der Waals surface area contributed by atoms with Gasteiger partial charge < -0.3 is 4.57 Å². The smallest absolute Gasteiger partial charge is 0.112 e. The zero-order valence-corrected chi connectivity index (χ0v) is 10.9. The van der Waals surface area contributed by atoms with Crippen LogP contribution in [0.3, 0.4) is 0 Å². The van der Waals surface area contributed by atoms with Gasteiger partial charge in [0.15, 0.2) is 0 Å². The van der Waals surface area contributed by atoms with Crippen molar-refractivity contribution in [2.24, 2.45) is 7.05 Å². The lowest BCUT2D eigenvalue weighted by Crippen LogP contribution is -1.88. The van der Waals surface area contributed by atoms with E-state index in [0.717, 1.165) is 11.3 Å². The van der Waals surface area contributed by atoms with E-state index in [2.05, 4.69) is 35.9 Å². The normalized spacial score (nSPS) is 8.71. The van der Waals surface area contributed by atoms with Gasteiger partial charge in [0, 0.05) is 12.6 Å². The Morgan fingerprint density at radius 3 is 2.53 bits per heavy atom. The van der Waals surface area contributed by atoms with Gasteiger partial charge in [-0.2, -0.15) is 0 Å². The molecule has 1 heterocycles. The molecule has 1 aromatic heterocycles. The van der Waals surface area contributed by atoms with E-state index in [1.807, 2.05) is 37.6 Å². The molecule has 0 aliphatic heterocycles. The maximum Gasteiger partial charge on any atom is 0.112 e. The summed E-state index contributed by atoms with van der Waals surface area (Å²) in [4.78, 5) is 4.01. The van der Waals surface area contributed by atoms with Gasteiger partial charge in [0.1, 0.15) is 5.69 Å². The molecule has 0 atom stereocenters. The van der Waals surface area contributed by atoms with Gasteiger partial charge in [0.2, 0.25) is 0 Å². The summed E-state index contributed by atoms with van der Waals surface area (Å²) in [5.74, 6) is 6.20. The van der Waals surface area contributed by atoms with Crippen LogP contribution in [0.2, 0.25) is 0 Å². The third-order valence-corrected chi connectivity index (χ3v) is 2.17. The molecular formula is C15H18N2. The third-order valence-electron chi connectivity index (χ3n) is 2.17. The molecule has 0 fully saturated rings. The first-order valence-corrected chi connectivity index (χ1v) is 5.81. The van der Waals surface area contributed by atoms with Crippen LogP contribution in [0.5, 0.6) is 0 Å². The van der Waals surface area contributed by atoms with Crippen molar-refractivity contribution in [1.29, 1.82) is 0 Å². The number of benzene rings is 1. The van der Waals surface area contributed by atoms with E-state index in [1.54, 1.807) is 12.5 Å². The zero-order valence-electron chi connectivity index (χ0n) is 10.9. The van der Waals surface area contributed by atoms with E-state index in [9.17, 15) is 0 Å². The Morgan fingerprint density at radius 2 is 1.94 bits per heavy atom. The number of rotatable bonds is 0. The van der Waals surface area contributed by atoms with Crippen LogP contribution in [0.25, 0.3) is 0 Å². The zero-order chi connectivity index (χ0) is 12.7. The third kappa shape index (κ3) is 3.81. The minimum Gasteiger partial charge on any atom is -0.327 e. The average molecular weight is 226 g/mol. The highest BCUT2D eigenvalue weighted by molar-refractivity contribution is 5.41. The van der Waals surface area contributed by atoms with Gasteiger partial charge in [-0.3, -0.25) is 0 Å². The van der Waals surface area contributed by atoms with Crippen LogP contribution in [0.1, 0.15) is 30.7 Å². The number of imidazole rings is 1. The van der Waals surface area contributed by atoms with Crippen LogP contribution in [0.4, 0.5) is 0 Å². The van der Waals surface area contributed by atoms with Gasteiger partial charge in [-0.05, 0) is 30.5 Å². The second-order valence-electron chi connectivity index (χ2n) is 3.51. The predicted molar refractivity (Wildman–Crippen MR) is 71.7 cm³/mol. The number of aromatic nitrogens is 2. The van der Waals surface area contributed by atoms with Gasteiger partial charge in [0.05, 0.1) is 12.5 Å². The Kier molecular flexibility index (Phi) is 5.03. The van der Waals surface area contributed by atoms with Crippen molar-refractivity contribution < 1.29 is 0 Å². The van der Waals surface area contributed by atoms with E-state index < -0.39 is 0 Å². The molecule has 0 spiro atoms. The van der Waals surface area contributed by atoms with Gasteiger partial charge in [-0.1, -0.05) is 31.9 Å². The van der Waals surface area contributed by atoms with Crippen LogP contribution in [0, 0.1) is 18.8 Å². The minimum atomic E-state index is 0.927. The molecule has 1 aromatic carbocycles. The molecule has 88 valence electrons. The Morgan fingerprint density at radius 1 is 1.18 bits per heavy atom. The molecule has 17 heavy (non-hydrogen) atoms. The predicted octanol–water partition coefficient (Wildman–Crippen LogP) is 3.15. The van der Waals surface area contributed by atoms with E-state index in [-0.39, 0.29) is 0 Å². The fraction of sp³-hybridized carbons (Fsp3) is 0.267. The second-order valence-corrected chi connectivity index (χ2v) is 3.51. The lowest BCUT2D eigenvalue weighted by Gasteiger charge is -1.93. The highest BCUT2D eigenvalue weighted by Crippen LogP contribution is 2.02. The Hall–Kier alpha value is -2.01. The lowest BCUT2D eigenvalue weighted by atomic mass is 10.1. The van der Waals surface area contributed by atoms with Crippen molar-refractivity contribution in [3.05, 3.63) is 53.6 Å². The molecule has 0 aliphatic rings. The van der Waals surface area contributed by atoms with Crippen LogP contribution in [0.15, 0.2) is 36.8 Å². The van der Waals surface area contributed by atoms with Crippen molar-refractivity contribution in [2.45, 2.75) is 20.8 Å². The fourth-order valence-corrected chi connectivity index (χ4v) is 1.34. The first-order chi connectivity index (χ1) is 8.25. The van der Waals surface area contributed by atoms with Crippen molar-refractivity contribution in [3.63, 3.8) is 0 Å². The van der Waals surface area contributed by atoms with E-state index in [0.29, 0.717) is 0 Å². The maximum atomic E-state index is 4.01. The van der Waals surface area contributed by atoms with Crippen molar-refractivity contribution in [3.8, 4) is 11.8 Å². The largest absolute Gasteiger partial charge is 0.327 e. The summed E-state index contributed by atoms with van der Waals surface area (Å²) in [7, 11) is 1.94. The number of nitrogens with zero attached hydrogens (tertiary/aromatic N) is 2. The number of aryl methyl sites for hydroxylation is 2. The molecule has 0 N–H and O–H groups in total. The molecule has 0 amide bonds. The molecule has 2 aromatic rings. The summed E-state index contributed by atoms with van der Waals surface area (Å²) in [6.07, 6.45) is 3.52. The molecule has 0 unspecified atom stereocenters. The quantitative estimate of drug-likeness (QED) is 0.631. The molecule has 2 rings (SSSR count). The van der Waals surface area contributed by atoms with Crippen molar-refractivity contribution >= 4 is 0 Å². The van der Waals surface area contributed by atoms with Crippen LogP contribution >= 0.6 is 0 Å². The Balaban J connectivity index is 0.000000686. The summed E-state index contributed by atoms with van der Waals surface area (Å²) < 4.78 is 1.91. The fourth-order valence-electron chi connectivity index (χ4n) is 1.34. The number of hydrogen-bond donors (Lipinski definition) is 0. The van der Waals surface area contributed by atoms with Gasteiger partial charge in [0.25, 0.3) is 0 Å². The molecule has 0 bridgehead atoms. The molecule has 0 saturated carbocycles. The molecule has 0 radical (unpaired) electrons. The Bertz CT molecular complexity index is 527. The van der Waals surface area contributed by atoms with E-state index in [4.69, 9.17) is 0 Å². The van der Waals surface area contributed by atoms with Crippen LogP contribution in [-0.4, -0.2) is 9.55 Å². The van der Waals surface area contributed by atoms with Gasteiger partial charge in [-0.25, -0.2) is 4.98 Å². The summed E-state index contributed by atoms with van der Waals surface area (Å²) in [5.41, 5.74) is 3.19. The van der Waals surface area contributed by atoms with Crippen molar-refractivity contribution in [1.82, 2.24) is 9.55 Å². The molecule has 2 nitrogen and oxygen atoms in total. The van der Waals surface area contributed by atoms with E-state index in [1.165, 1.54) is 5.56 Å². The highest BCUT2D eigenvalue weighted by Gasteiger charge is 1.91. The number of hydrogen-bond acceptors (Lipinski definition) is 1. The summed E-state index contributed by atoms with van der Waals surface area (Å²) >= 11 is 0. The Labute approximate surface area is 103 Å². The molecule has 0 saturated heterocycles. The van der Waals surface area contributed by atoms with Crippen LogP contribution < -0.4 is 0 Å².